The zero-order chi connectivity index (χ0) is 20.4. The molecular weight excluding hydrogens is 375 g/mol. The average Bonchev–Trinajstić information content (AvgIpc) is 3.13. The predicted octanol–water partition coefficient (Wildman–Crippen LogP) is 4.25. The molecule has 0 spiro atoms. The van der Waals surface area contributed by atoms with Gasteiger partial charge in [0.05, 0.1) is 6.04 Å². The van der Waals surface area contributed by atoms with E-state index in [-0.39, 0.29) is 42.2 Å². The molecule has 0 saturated heterocycles. The predicted molar refractivity (Wildman–Crippen MR) is 110 cm³/mol. The largest absolute Gasteiger partial charge is 0.331 e. The Morgan fingerprint density at radius 2 is 1.86 bits per heavy atom. The zero-order valence-electron chi connectivity index (χ0n) is 16.8. The molecule has 4 nitrogen and oxygen atoms in total. The normalized spacial score (nSPS) is 16.4. The molecule has 0 N–H and O–H groups in total. The number of hydrogen-bond acceptors (Lipinski definition) is 3. The number of benzene rings is 1. The van der Waals surface area contributed by atoms with Crippen molar-refractivity contribution in [3.63, 3.8) is 0 Å². The molecule has 3 rings (SSSR count). The van der Waals surface area contributed by atoms with Crippen LogP contribution in [-0.2, 0) is 16.0 Å². The molecule has 0 aliphatic carbocycles. The molecule has 1 atom stereocenters. The molecule has 1 aromatic carbocycles. The van der Waals surface area contributed by atoms with Gasteiger partial charge in [0, 0.05) is 23.4 Å². The van der Waals surface area contributed by atoms with Crippen LogP contribution in [-0.4, -0.2) is 40.7 Å². The topological polar surface area (TPSA) is 40.6 Å². The van der Waals surface area contributed by atoms with Crippen LogP contribution in [0.5, 0.6) is 0 Å². The third kappa shape index (κ3) is 4.12. The van der Waals surface area contributed by atoms with Crippen molar-refractivity contribution >= 4 is 23.2 Å². The Morgan fingerprint density at radius 1 is 1.18 bits per heavy atom. The summed E-state index contributed by atoms with van der Waals surface area (Å²) >= 11 is 1.69. The third-order valence-electron chi connectivity index (χ3n) is 5.18. The van der Waals surface area contributed by atoms with Crippen molar-refractivity contribution in [2.24, 2.45) is 5.92 Å². The second-order valence-corrected chi connectivity index (χ2v) is 8.81. The minimum Gasteiger partial charge on any atom is -0.331 e. The molecule has 1 aliphatic heterocycles. The Balaban J connectivity index is 1.91. The molecule has 0 fully saturated rings. The van der Waals surface area contributed by atoms with Gasteiger partial charge in [-0.3, -0.25) is 9.59 Å². The highest BCUT2D eigenvalue weighted by Crippen LogP contribution is 2.38. The van der Waals surface area contributed by atoms with Gasteiger partial charge in [0.25, 0.3) is 0 Å². The lowest BCUT2D eigenvalue weighted by Crippen LogP contribution is -2.49. The van der Waals surface area contributed by atoms with Crippen molar-refractivity contribution in [2.75, 3.05) is 13.1 Å². The summed E-state index contributed by atoms with van der Waals surface area (Å²) in [5.41, 5.74) is 1.99. The van der Waals surface area contributed by atoms with Gasteiger partial charge < -0.3 is 9.80 Å². The highest BCUT2D eigenvalue weighted by atomic mass is 32.1. The van der Waals surface area contributed by atoms with Crippen molar-refractivity contribution in [1.29, 1.82) is 0 Å². The Hall–Kier alpha value is -2.21. The van der Waals surface area contributed by atoms with Gasteiger partial charge in [-0.25, -0.2) is 4.39 Å². The number of fused-ring (bicyclic) bond motifs is 1. The fourth-order valence-electron chi connectivity index (χ4n) is 3.67. The van der Waals surface area contributed by atoms with E-state index in [1.54, 1.807) is 28.4 Å². The SMILES string of the molecule is CC(C)C(=O)N(CC(=O)N1CCc2sccc2[C@H]1c1ccc(F)cc1)C(C)C. The molecule has 6 heteroatoms. The molecule has 0 radical (unpaired) electrons. The van der Waals surface area contributed by atoms with Crippen LogP contribution in [0, 0.1) is 11.7 Å². The maximum atomic E-state index is 13.4. The summed E-state index contributed by atoms with van der Waals surface area (Å²) < 4.78 is 13.4. The highest BCUT2D eigenvalue weighted by Gasteiger charge is 2.34. The van der Waals surface area contributed by atoms with Crippen LogP contribution in [0.3, 0.4) is 0 Å². The third-order valence-corrected chi connectivity index (χ3v) is 6.17. The number of thiophene rings is 1. The van der Waals surface area contributed by atoms with Gasteiger partial charge in [0.15, 0.2) is 0 Å². The smallest absolute Gasteiger partial charge is 0.243 e. The summed E-state index contributed by atoms with van der Waals surface area (Å²) in [5.74, 6) is -0.548. The molecule has 28 heavy (non-hydrogen) atoms. The summed E-state index contributed by atoms with van der Waals surface area (Å²) in [5, 5.41) is 2.04. The Kier molecular flexibility index (Phi) is 6.18. The zero-order valence-corrected chi connectivity index (χ0v) is 17.6. The summed E-state index contributed by atoms with van der Waals surface area (Å²) in [7, 11) is 0. The minimum absolute atomic E-state index is 0.0186. The first-order valence-corrected chi connectivity index (χ1v) is 10.6. The Labute approximate surface area is 170 Å². The Morgan fingerprint density at radius 3 is 2.46 bits per heavy atom. The summed E-state index contributed by atoms with van der Waals surface area (Å²) in [6.07, 6.45) is 0.802. The number of rotatable bonds is 5. The monoisotopic (exact) mass is 402 g/mol. The van der Waals surface area contributed by atoms with E-state index in [1.807, 2.05) is 44.0 Å². The van der Waals surface area contributed by atoms with Gasteiger partial charge in [-0.05, 0) is 55.0 Å². The maximum absolute atomic E-state index is 13.4. The molecule has 0 bridgehead atoms. The second kappa shape index (κ2) is 8.43. The van der Waals surface area contributed by atoms with Crippen molar-refractivity contribution in [2.45, 2.75) is 46.2 Å². The quantitative estimate of drug-likeness (QED) is 0.750. The average molecular weight is 403 g/mol. The second-order valence-electron chi connectivity index (χ2n) is 7.80. The molecule has 150 valence electrons. The van der Waals surface area contributed by atoms with E-state index >= 15 is 0 Å². The number of carbonyl (C=O) groups is 2. The fourth-order valence-corrected chi connectivity index (χ4v) is 4.58. The van der Waals surface area contributed by atoms with E-state index in [2.05, 4.69) is 0 Å². The first-order valence-electron chi connectivity index (χ1n) is 9.71. The van der Waals surface area contributed by atoms with Crippen LogP contribution in [0.15, 0.2) is 35.7 Å². The maximum Gasteiger partial charge on any atom is 0.243 e. The number of amides is 2. The van der Waals surface area contributed by atoms with E-state index in [1.165, 1.54) is 17.0 Å². The summed E-state index contributed by atoms with van der Waals surface area (Å²) in [6.45, 7) is 8.21. The number of halogens is 1. The molecule has 2 aromatic rings. The van der Waals surface area contributed by atoms with Crippen LogP contribution in [0.2, 0.25) is 0 Å². The number of hydrogen-bond donors (Lipinski definition) is 0. The molecule has 2 heterocycles. The van der Waals surface area contributed by atoms with Crippen LogP contribution in [0.25, 0.3) is 0 Å². The first-order chi connectivity index (χ1) is 13.3. The van der Waals surface area contributed by atoms with Gasteiger partial charge in [0.1, 0.15) is 12.4 Å². The number of nitrogens with zero attached hydrogens (tertiary/aromatic N) is 2. The van der Waals surface area contributed by atoms with Crippen molar-refractivity contribution in [1.82, 2.24) is 9.80 Å². The first kappa shape index (κ1) is 20.5. The van der Waals surface area contributed by atoms with Gasteiger partial charge in [-0.1, -0.05) is 26.0 Å². The van der Waals surface area contributed by atoms with Crippen molar-refractivity contribution in [3.05, 3.63) is 57.5 Å². The van der Waals surface area contributed by atoms with Crippen molar-refractivity contribution < 1.29 is 14.0 Å². The van der Waals surface area contributed by atoms with E-state index in [0.717, 1.165) is 17.5 Å². The van der Waals surface area contributed by atoms with E-state index in [9.17, 15) is 14.0 Å². The van der Waals surface area contributed by atoms with Crippen LogP contribution >= 0.6 is 11.3 Å². The summed E-state index contributed by atoms with van der Waals surface area (Å²) in [6, 6.07) is 8.10. The molecule has 2 amide bonds. The van der Waals surface area contributed by atoms with Crippen LogP contribution in [0.4, 0.5) is 4.39 Å². The van der Waals surface area contributed by atoms with Gasteiger partial charge in [-0.15, -0.1) is 11.3 Å². The fraction of sp³-hybridized carbons (Fsp3) is 0.455. The van der Waals surface area contributed by atoms with E-state index < -0.39 is 0 Å². The molecule has 0 unspecified atom stereocenters. The van der Waals surface area contributed by atoms with Gasteiger partial charge in [0.2, 0.25) is 11.8 Å². The lowest BCUT2D eigenvalue weighted by atomic mass is 9.93. The van der Waals surface area contributed by atoms with Crippen LogP contribution in [0.1, 0.15) is 49.7 Å². The minimum atomic E-state index is -0.295. The summed E-state index contributed by atoms with van der Waals surface area (Å²) in [4.78, 5) is 30.6. The molecular formula is C22H27FN2O2S. The van der Waals surface area contributed by atoms with E-state index in [4.69, 9.17) is 0 Å². The molecule has 1 aliphatic rings. The lowest BCUT2D eigenvalue weighted by molar-refractivity contribution is -0.145. The van der Waals surface area contributed by atoms with Gasteiger partial charge in [-0.2, -0.15) is 0 Å². The molecule has 1 aromatic heterocycles. The highest BCUT2D eigenvalue weighted by molar-refractivity contribution is 7.10. The standard InChI is InChI=1S/C22H27FN2O2S/c1-14(2)22(27)25(15(3)4)13-20(26)24-11-9-19-18(10-12-28-19)21(24)16-5-7-17(23)8-6-16/h5-8,10,12,14-15,21H,9,11,13H2,1-4H3/t21-/m1/s1. The van der Waals surface area contributed by atoms with Crippen LogP contribution < -0.4 is 0 Å². The lowest BCUT2D eigenvalue weighted by Gasteiger charge is -2.38. The van der Waals surface area contributed by atoms with Crippen molar-refractivity contribution in [3.8, 4) is 0 Å². The molecule has 0 saturated carbocycles. The Bertz CT molecular complexity index is 844. The number of carbonyl (C=O) groups excluding carboxylic acids is 2. The van der Waals surface area contributed by atoms with Gasteiger partial charge >= 0.3 is 0 Å². The van der Waals surface area contributed by atoms with E-state index in [0.29, 0.717) is 6.54 Å².